The number of pyridine rings is 1. The van der Waals surface area contributed by atoms with Crippen LogP contribution in [0.15, 0.2) is 18.3 Å². The summed E-state index contributed by atoms with van der Waals surface area (Å²) in [5, 5.41) is 19.0. The van der Waals surface area contributed by atoms with E-state index >= 15 is 0 Å². The van der Waals surface area contributed by atoms with Crippen LogP contribution in [0, 0.1) is 35.5 Å². The molecule has 0 radical (unpaired) electrons. The molecule has 0 spiro atoms. The number of Topliss-reactive ketones (excluding diaryl/α,β-unsaturated/α-hetero) is 1. The lowest BCUT2D eigenvalue weighted by atomic mass is 9.57. The predicted molar refractivity (Wildman–Crippen MR) is 124 cm³/mol. The average molecular weight is 439 g/mol. The number of aromatic nitrogens is 4. The molecule has 2 aromatic rings. The molecule has 3 aliphatic rings. The summed E-state index contributed by atoms with van der Waals surface area (Å²) in [6.45, 7) is 4.59. The summed E-state index contributed by atoms with van der Waals surface area (Å²) in [5.74, 6) is 3.85. The van der Waals surface area contributed by atoms with Crippen LogP contribution in [0.1, 0.15) is 78.1 Å². The highest BCUT2D eigenvalue weighted by Crippen LogP contribution is 2.52. The number of carbonyl (C=O) groups excluding carboxylic acids is 1. The molecule has 6 nitrogen and oxygen atoms in total. The van der Waals surface area contributed by atoms with Crippen LogP contribution < -0.4 is 0 Å². The molecule has 0 amide bonds. The largest absolute Gasteiger partial charge is 0.390 e. The van der Waals surface area contributed by atoms with E-state index in [1.165, 1.54) is 32.1 Å². The average Bonchev–Trinajstić information content (AvgIpc) is 3.19. The van der Waals surface area contributed by atoms with Crippen molar-refractivity contribution in [2.45, 2.75) is 90.2 Å². The Morgan fingerprint density at radius 2 is 1.94 bits per heavy atom. The highest BCUT2D eigenvalue weighted by atomic mass is 16.3. The summed E-state index contributed by atoms with van der Waals surface area (Å²) in [7, 11) is 0. The Morgan fingerprint density at radius 3 is 2.81 bits per heavy atom. The minimum absolute atomic E-state index is 0.0981. The molecule has 3 fully saturated rings. The zero-order valence-corrected chi connectivity index (χ0v) is 19.6. The van der Waals surface area contributed by atoms with Crippen molar-refractivity contribution in [1.29, 1.82) is 0 Å². The summed E-state index contributed by atoms with van der Waals surface area (Å²) in [5.41, 5.74) is 0.979. The monoisotopic (exact) mass is 438 g/mol. The zero-order chi connectivity index (χ0) is 22.3. The van der Waals surface area contributed by atoms with Gasteiger partial charge in [0.25, 0.3) is 0 Å². The third kappa shape index (κ3) is 4.35. The molecule has 6 heteroatoms. The normalized spacial score (nSPS) is 38.2. The first-order valence-corrected chi connectivity index (χ1v) is 12.8. The van der Waals surface area contributed by atoms with Gasteiger partial charge >= 0.3 is 0 Å². The lowest BCUT2D eigenvalue weighted by molar-refractivity contribution is -0.125. The van der Waals surface area contributed by atoms with E-state index in [0.717, 1.165) is 55.4 Å². The van der Waals surface area contributed by atoms with E-state index < -0.39 is 5.60 Å². The molecule has 174 valence electrons. The molecule has 7 atom stereocenters. The van der Waals surface area contributed by atoms with E-state index in [1.54, 1.807) is 10.9 Å². The molecule has 1 N–H and O–H groups in total. The maximum atomic E-state index is 13.4. The van der Waals surface area contributed by atoms with Gasteiger partial charge in [-0.1, -0.05) is 25.0 Å². The van der Waals surface area contributed by atoms with Crippen molar-refractivity contribution in [3.8, 4) is 0 Å². The second-order valence-corrected chi connectivity index (χ2v) is 11.3. The lowest BCUT2D eigenvalue weighted by Gasteiger charge is -2.49. The summed E-state index contributed by atoms with van der Waals surface area (Å²) in [6, 6.07) is 3.74. The van der Waals surface area contributed by atoms with Gasteiger partial charge in [0.05, 0.1) is 5.60 Å². The number of nitrogens with zero attached hydrogens (tertiary/aromatic N) is 4. The van der Waals surface area contributed by atoms with Gasteiger partial charge in [0.15, 0.2) is 11.4 Å². The van der Waals surface area contributed by atoms with E-state index in [9.17, 15) is 9.90 Å². The first-order chi connectivity index (χ1) is 15.4. The van der Waals surface area contributed by atoms with Gasteiger partial charge in [-0.2, -0.15) is 0 Å². The van der Waals surface area contributed by atoms with Crippen molar-refractivity contribution < 1.29 is 9.90 Å². The molecule has 0 aliphatic heterocycles. The minimum atomic E-state index is -0.461. The molecule has 0 saturated heterocycles. The van der Waals surface area contributed by atoms with Crippen LogP contribution in [-0.4, -0.2) is 36.5 Å². The van der Waals surface area contributed by atoms with Crippen LogP contribution in [0.25, 0.3) is 11.2 Å². The summed E-state index contributed by atoms with van der Waals surface area (Å²) in [4.78, 5) is 17.7. The van der Waals surface area contributed by atoms with E-state index in [-0.39, 0.29) is 18.2 Å². The van der Waals surface area contributed by atoms with Gasteiger partial charge in [-0.05, 0) is 100 Å². The fourth-order valence-corrected chi connectivity index (χ4v) is 7.41. The van der Waals surface area contributed by atoms with Crippen LogP contribution in [0.3, 0.4) is 0 Å². The lowest BCUT2D eigenvalue weighted by Crippen LogP contribution is -2.44. The number of aliphatic hydroxyl groups is 1. The number of hydrogen-bond donors (Lipinski definition) is 1. The number of hydrogen-bond acceptors (Lipinski definition) is 5. The molecule has 3 aliphatic carbocycles. The topological polar surface area (TPSA) is 80.9 Å². The summed E-state index contributed by atoms with van der Waals surface area (Å²) in [6.07, 6.45) is 13.2. The molecule has 7 unspecified atom stereocenters. The van der Waals surface area contributed by atoms with Crippen molar-refractivity contribution in [3.63, 3.8) is 0 Å². The predicted octanol–water partition coefficient (Wildman–Crippen LogP) is 4.81. The Kier molecular flexibility index (Phi) is 6.08. The summed E-state index contributed by atoms with van der Waals surface area (Å²) >= 11 is 0. The second kappa shape index (κ2) is 8.85. The molecule has 0 bridgehead atoms. The van der Waals surface area contributed by atoms with Gasteiger partial charge in [-0.25, -0.2) is 9.67 Å². The smallest absolute Gasteiger partial charge is 0.178 e. The number of fused-ring (bicyclic) bond motifs is 4. The van der Waals surface area contributed by atoms with Crippen molar-refractivity contribution in [2.24, 2.45) is 35.5 Å². The van der Waals surface area contributed by atoms with Crippen LogP contribution in [0.4, 0.5) is 0 Å². The third-order valence-corrected chi connectivity index (χ3v) is 9.11. The molecule has 0 aromatic carbocycles. The summed E-state index contributed by atoms with van der Waals surface area (Å²) < 4.78 is 1.68. The standard InChI is InChI=1S/C26H38N4O2/c1-17-8-11-21-18(9-10-19-15-26(2,32)13-12-22(19)21)5-3-6-20(17)24(31)16-30-25-23(28-29-30)7-4-14-27-25/h4,7,14,17-22,32H,3,5-6,8-13,15-16H2,1-2H3. The van der Waals surface area contributed by atoms with Crippen molar-refractivity contribution in [2.75, 3.05) is 0 Å². The maximum Gasteiger partial charge on any atom is 0.178 e. The van der Waals surface area contributed by atoms with Gasteiger partial charge in [-0.15, -0.1) is 5.10 Å². The first kappa shape index (κ1) is 22.0. The number of ketones is 1. The zero-order valence-electron chi connectivity index (χ0n) is 19.6. The molecule has 32 heavy (non-hydrogen) atoms. The highest BCUT2D eigenvalue weighted by molar-refractivity contribution is 5.82. The van der Waals surface area contributed by atoms with Gasteiger partial charge in [0.1, 0.15) is 12.1 Å². The van der Waals surface area contributed by atoms with Crippen molar-refractivity contribution in [3.05, 3.63) is 18.3 Å². The Hall–Kier alpha value is -1.82. The minimum Gasteiger partial charge on any atom is -0.390 e. The van der Waals surface area contributed by atoms with Crippen LogP contribution in [0.5, 0.6) is 0 Å². The third-order valence-electron chi connectivity index (χ3n) is 9.11. The molecular weight excluding hydrogens is 400 g/mol. The Bertz CT molecular complexity index is 954. The fourth-order valence-electron chi connectivity index (χ4n) is 7.41. The molecule has 5 rings (SSSR count). The molecule has 2 aromatic heterocycles. The second-order valence-electron chi connectivity index (χ2n) is 11.3. The van der Waals surface area contributed by atoms with Crippen molar-refractivity contribution in [1.82, 2.24) is 20.0 Å². The van der Waals surface area contributed by atoms with Crippen molar-refractivity contribution >= 4 is 16.9 Å². The fraction of sp³-hybridized carbons (Fsp3) is 0.769. The Balaban J connectivity index is 1.27. The SMILES string of the molecule is CC1CCC2C(CCCC1C(=O)Cn1nnc3cccnc31)CCC1CC(C)(O)CCC12. The van der Waals surface area contributed by atoms with Gasteiger partial charge < -0.3 is 5.11 Å². The van der Waals surface area contributed by atoms with E-state index in [0.29, 0.717) is 17.5 Å². The first-order valence-electron chi connectivity index (χ1n) is 12.8. The van der Waals surface area contributed by atoms with Gasteiger partial charge in [0.2, 0.25) is 0 Å². The quantitative estimate of drug-likeness (QED) is 0.744. The molecular formula is C26H38N4O2. The van der Waals surface area contributed by atoms with Crippen LogP contribution in [0.2, 0.25) is 0 Å². The maximum absolute atomic E-state index is 13.4. The van der Waals surface area contributed by atoms with E-state index in [4.69, 9.17) is 0 Å². The molecule has 3 saturated carbocycles. The Labute approximate surface area is 191 Å². The van der Waals surface area contributed by atoms with Gasteiger partial charge in [0, 0.05) is 12.1 Å². The molecule has 2 heterocycles. The van der Waals surface area contributed by atoms with Gasteiger partial charge in [-0.3, -0.25) is 4.79 Å². The highest BCUT2D eigenvalue weighted by Gasteiger charge is 2.45. The number of carbonyl (C=O) groups is 1. The van der Waals surface area contributed by atoms with E-state index in [1.807, 2.05) is 19.1 Å². The Morgan fingerprint density at radius 1 is 1.12 bits per heavy atom. The number of rotatable bonds is 3. The van der Waals surface area contributed by atoms with E-state index in [2.05, 4.69) is 22.2 Å². The van der Waals surface area contributed by atoms with Crippen LogP contribution >= 0.6 is 0 Å². The van der Waals surface area contributed by atoms with Crippen LogP contribution in [-0.2, 0) is 11.3 Å².